The number of nitrogens with zero attached hydrogens (tertiary/aromatic N) is 2. The number of nitrogens with one attached hydrogen (secondary N) is 2. The minimum atomic E-state index is -1.36. The molecule has 132 valence electrons. The van der Waals surface area contributed by atoms with Gasteiger partial charge >= 0.3 is 11.3 Å². The first-order chi connectivity index (χ1) is 11.8. The van der Waals surface area contributed by atoms with Crippen molar-refractivity contribution in [3.8, 4) is 0 Å². The monoisotopic (exact) mass is 347 g/mol. The van der Waals surface area contributed by atoms with Crippen LogP contribution in [0.15, 0.2) is 21.7 Å². The van der Waals surface area contributed by atoms with E-state index in [2.05, 4.69) is 15.0 Å². The summed E-state index contributed by atoms with van der Waals surface area (Å²) in [6.45, 7) is 3.06. The number of aromatic amines is 2. The minimum Gasteiger partial charge on any atom is -0.394 e. The summed E-state index contributed by atoms with van der Waals surface area (Å²) in [7, 11) is 0. The smallest absolute Gasteiger partial charge is 0.394 e. The summed E-state index contributed by atoms with van der Waals surface area (Å²) in [6, 6.07) is 3.63. The third-order valence-electron chi connectivity index (χ3n) is 4.28. The van der Waals surface area contributed by atoms with E-state index in [4.69, 9.17) is 5.11 Å². The lowest BCUT2D eigenvalue weighted by Gasteiger charge is -2.16. The Labute approximate surface area is 141 Å². The van der Waals surface area contributed by atoms with Crippen LogP contribution in [0.25, 0.3) is 22.2 Å². The molecule has 0 aliphatic rings. The Hall–Kier alpha value is -2.62. The van der Waals surface area contributed by atoms with E-state index in [0.717, 1.165) is 11.1 Å². The summed E-state index contributed by atoms with van der Waals surface area (Å²) >= 11 is 0. The van der Waals surface area contributed by atoms with Crippen LogP contribution in [0, 0.1) is 13.8 Å². The van der Waals surface area contributed by atoms with Crippen LogP contribution >= 0.6 is 0 Å². The number of benzene rings is 1. The van der Waals surface area contributed by atoms with E-state index in [1.165, 1.54) is 4.57 Å². The second kappa shape index (κ2) is 6.36. The number of fused-ring (bicyclic) bond motifs is 2. The zero-order valence-corrected chi connectivity index (χ0v) is 13.8. The number of hydrogen-bond acceptors (Lipinski definition) is 6. The summed E-state index contributed by atoms with van der Waals surface area (Å²) in [4.78, 5) is 32.8. The molecule has 3 aromatic rings. The lowest BCUT2D eigenvalue weighted by molar-refractivity contribution is -0.656. The predicted octanol–water partition coefficient (Wildman–Crippen LogP) is -1.62. The van der Waals surface area contributed by atoms with Crippen molar-refractivity contribution in [1.82, 2.24) is 15.0 Å². The average molecular weight is 347 g/mol. The molecule has 2 aromatic heterocycles. The number of aromatic nitrogens is 4. The molecule has 0 bridgehead atoms. The zero-order valence-electron chi connectivity index (χ0n) is 13.8. The van der Waals surface area contributed by atoms with Crippen molar-refractivity contribution in [3.05, 3.63) is 44.1 Å². The van der Waals surface area contributed by atoms with Gasteiger partial charge in [-0.25, -0.2) is 14.3 Å². The summed E-state index contributed by atoms with van der Waals surface area (Å²) in [5.74, 6) is 0. The predicted molar refractivity (Wildman–Crippen MR) is 89.3 cm³/mol. The van der Waals surface area contributed by atoms with Gasteiger partial charge in [0.1, 0.15) is 24.3 Å². The molecule has 5 N–H and O–H groups in total. The third kappa shape index (κ3) is 3.04. The van der Waals surface area contributed by atoms with Crippen molar-refractivity contribution in [3.63, 3.8) is 0 Å². The van der Waals surface area contributed by atoms with Gasteiger partial charge in [0, 0.05) is 0 Å². The van der Waals surface area contributed by atoms with Crippen LogP contribution in [0.4, 0.5) is 0 Å². The quantitative estimate of drug-likeness (QED) is 0.284. The molecule has 0 spiro atoms. The second-order valence-electron chi connectivity index (χ2n) is 6.07. The molecule has 0 radical (unpaired) electrons. The lowest BCUT2D eigenvalue weighted by atomic mass is 10.1. The summed E-state index contributed by atoms with van der Waals surface area (Å²) < 4.78 is 1.52. The van der Waals surface area contributed by atoms with Crippen molar-refractivity contribution in [2.45, 2.75) is 32.6 Å². The summed E-state index contributed by atoms with van der Waals surface area (Å²) in [6.07, 6.45) is -2.65. The van der Waals surface area contributed by atoms with E-state index >= 15 is 0 Å². The molecular weight excluding hydrogens is 328 g/mol. The van der Waals surface area contributed by atoms with Crippen molar-refractivity contribution >= 4 is 22.2 Å². The first kappa shape index (κ1) is 17.2. The topological polar surface area (TPSA) is 143 Å². The molecule has 9 heteroatoms. The number of rotatable bonds is 4. The highest BCUT2D eigenvalue weighted by atomic mass is 16.4. The normalized spacial score (nSPS) is 14.1. The molecule has 9 nitrogen and oxygen atoms in total. The van der Waals surface area contributed by atoms with E-state index in [0.29, 0.717) is 11.0 Å². The Morgan fingerprint density at radius 3 is 2.48 bits per heavy atom. The van der Waals surface area contributed by atoms with Crippen LogP contribution in [0.3, 0.4) is 0 Å². The molecule has 2 atom stereocenters. The largest absolute Gasteiger partial charge is 0.413 e. The molecule has 0 amide bonds. The lowest BCUT2D eigenvalue weighted by Crippen LogP contribution is -2.48. The Balaban J connectivity index is 2.40. The average Bonchev–Trinajstić information content (AvgIpc) is 2.56. The molecule has 0 fully saturated rings. The SMILES string of the molecule is Cc1cc2nc3c(=O)[nH]c(=O)[nH]c3[n+](C[C@H](O)[C@H](O)CO)c2cc1C. The molecule has 1 aromatic carbocycles. The van der Waals surface area contributed by atoms with Gasteiger partial charge in [-0.1, -0.05) is 0 Å². The minimum absolute atomic E-state index is 0.0149. The Kier molecular flexibility index (Phi) is 4.38. The van der Waals surface area contributed by atoms with E-state index in [9.17, 15) is 19.8 Å². The molecule has 0 aliphatic carbocycles. The van der Waals surface area contributed by atoms with Gasteiger partial charge in [0.05, 0.1) is 6.61 Å². The van der Waals surface area contributed by atoms with Gasteiger partial charge in [0.2, 0.25) is 5.52 Å². The Bertz CT molecular complexity index is 1070. The Morgan fingerprint density at radius 1 is 1.12 bits per heavy atom. The zero-order chi connectivity index (χ0) is 18.3. The maximum absolute atomic E-state index is 12.1. The van der Waals surface area contributed by atoms with Gasteiger partial charge in [0.15, 0.2) is 5.52 Å². The fourth-order valence-electron chi connectivity index (χ4n) is 2.72. The maximum atomic E-state index is 12.1. The van der Waals surface area contributed by atoms with Crippen LogP contribution in [0.1, 0.15) is 11.1 Å². The highest BCUT2D eigenvalue weighted by Crippen LogP contribution is 2.16. The van der Waals surface area contributed by atoms with E-state index in [1.807, 2.05) is 19.9 Å². The summed E-state index contributed by atoms with van der Waals surface area (Å²) in [5.41, 5.74) is 1.84. The fourth-order valence-corrected chi connectivity index (χ4v) is 2.72. The molecule has 0 saturated heterocycles. The van der Waals surface area contributed by atoms with Gasteiger partial charge in [-0.3, -0.25) is 9.78 Å². The number of H-pyrrole nitrogens is 2. The van der Waals surface area contributed by atoms with Gasteiger partial charge in [-0.15, -0.1) is 0 Å². The Morgan fingerprint density at radius 2 is 1.80 bits per heavy atom. The molecule has 2 heterocycles. The third-order valence-corrected chi connectivity index (χ3v) is 4.28. The first-order valence-electron chi connectivity index (χ1n) is 7.76. The molecule has 3 rings (SSSR count). The van der Waals surface area contributed by atoms with E-state index in [1.54, 1.807) is 6.07 Å². The van der Waals surface area contributed by atoms with Crippen molar-refractivity contribution < 1.29 is 19.9 Å². The first-order valence-corrected chi connectivity index (χ1v) is 7.76. The number of hydrogen-bond donors (Lipinski definition) is 5. The molecule has 0 saturated carbocycles. The number of aliphatic hydroxyl groups excluding tert-OH is 3. The van der Waals surface area contributed by atoms with Gasteiger partial charge < -0.3 is 15.3 Å². The highest BCUT2D eigenvalue weighted by Gasteiger charge is 2.24. The van der Waals surface area contributed by atoms with Crippen molar-refractivity contribution in [2.75, 3.05) is 6.61 Å². The molecule has 0 unspecified atom stereocenters. The van der Waals surface area contributed by atoms with Crippen molar-refractivity contribution in [1.29, 1.82) is 0 Å². The van der Waals surface area contributed by atoms with E-state index < -0.39 is 30.1 Å². The van der Waals surface area contributed by atoms with Crippen LogP contribution in [-0.4, -0.2) is 49.1 Å². The van der Waals surface area contributed by atoms with Crippen molar-refractivity contribution in [2.24, 2.45) is 0 Å². The summed E-state index contributed by atoms with van der Waals surface area (Å²) in [5, 5.41) is 28.8. The molecule has 25 heavy (non-hydrogen) atoms. The van der Waals surface area contributed by atoms with Gasteiger partial charge in [0.25, 0.3) is 5.56 Å². The highest BCUT2D eigenvalue weighted by molar-refractivity contribution is 5.80. The van der Waals surface area contributed by atoms with E-state index in [-0.39, 0.29) is 17.7 Å². The van der Waals surface area contributed by atoms with Crippen LogP contribution in [-0.2, 0) is 6.54 Å². The molecule has 0 aliphatic heterocycles. The van der Waals surface area contributed by atoms with Crippen LogP contribution < -0.4 is 15.8 Å². The fraction of sp³-hybridized carbons (Fsp3) is 0.375. The molecular formula is C16H19N4O5+. The maximum Gasteiger partial charge on any atom is 0.413 e. The second-order valence-corrected chi connectivity index (χ2v) is 6.07. The van der Waals surface area contributed by atoms with Gasteiger partial charge in [-0.2, -0.15) is 4.98 Å². The standard InChI is InChI=1S/C16H18N4O5/c1-7-3-9-10(4-8(7)2)20(5-11(22)12(23)6-21)14-13(17-9)15(24)19-16(25)18-14/h3-4,11-12,21-23H,5-6H2,1-2H3,(H,19,24,25)/p+1/t11-,12+/m0/s1. The number of aliphatic hydroxyl groups is 3. The van der Waals surface area contributed by atoms with Crippen LogP contribution in [0.5, 0.6) is 0 Å². The van der Waals surface area contributed by atoms with Gasteiger partial charge in [-0.05, 0) is 37.1 Å². The number of aryl methyl sites for hydroxylation is 2. The van der Waals surface area contributed by atoms with Crippen LogP contribution in [0.2, 0.25) is 0 Å².